The molecule has 0 bridgehead atoms. The van der Waals surface area contributed by atoms with Crippen molar-refractivity contribution < 1.29 is 14.3 Å². The average molecular weight is 352 g/mol. The summed E-state index contributed by atoms with van der Waals surface area (Å²) in [7, 11) is 0. The van der Waals surface area contributed by atoms with E-state index in [1.165, 1.54) is 12.5 Å². The first-order valence-corrected chi connectivity index (χ1v) is 8.72. The number of fused-ring (bicyclic) bond motifs is 1. The SMILES string of the molecule is CC(=O)N1CCOc2ccc(NC(=O)c3ccc(C(C)(C)C)cc3)cc21. The molecule has 136 valence electrons. The highest BCUT2D eigenvalue weighted by molar-refractivity contribution is 6.05. The van der Waals surface area contributed by atoms with Gasteiger partial charge < -0.3 is 15.0 Å². The molecule has 0 atom stereocenters. The van der Waals surface area contributed by atoms with Crippen LogP contribution < -0.4 is 15.0 Å². The van der Waals surface area contributed by atoms with Gasteiger partial charge in [-0.05, 0) is 41.3 Å². The second kappa shape index (κ2) is 6.83. The van der Waals surface area contributed by atoms with Crippen LogP contribution in [0, 0.1) is 0 Å². The van der Waals surface area contributed by atoms with E-state index in [1.807, 2.05) is 24.3 Å². The predicted molar refractivity (Wildman–Crippen MR) is 103 cm³/mol. The lowest BCUT2D eigenvalue weighted by Gasteiger charge is -2.29. The monoisotopic (exact) mass is 352 g/mol. The maximum Gasteiger partial charge on any atom is 0.255 e. The van der Waals surface area contributed by atoms with Crippen molar-refractivity contribution in [3.05, 3.63) is 53.6 Å². The van der Waals surface area contributed by atoms with Crippen molar-refractivity contribution in [3.63, 3.8) is 0 Å². The number of hydrogen-bond donors (Lipinski definition) is 1. The zero-order valence-electron chi connectivity index (χ0n) is 15.6. The van der Waals surface area contributed by atoms with Crippen LogP contribution in [0.2, 0.25) is 0 Å². The van der Waals surface area contributed by atoms with E-state index in [4.69, 9.17) is 4.74 Å². The summed E-state index contributed by atoms with van der Waals surface area (Å²) in [4.78, 5) is 26.0. The number of anilines is 2. The normalized spacial score (nSPS) is 13.6. The summed E-state index contributed by atoms with van der Waals surface area (Å²) < 4.78 is 5.59. The molecule has 0 spiro atoms. The summed E-state index contributed by atoms with van der Waals surface area (Å²) in [6.07, 6.45) is 0. The van der Waals surface area contributed by atoms with Gasteiger partial charge in [0.25, 0.3) is 5.91 Å². The number of carbonyl (C=O) groups excluding carboxylic acids is 2. The Kier molecular flexibility index (Phi) is 4.72. The summed E-state index contributed by atoms with van der Waals surface area (Å²) in [5.74, 6) is 0.422. The first-order valence-electron chi connectivity index (χ1n) is 8.72. The fourth-order valence-electron chi connectivity index (χ4n) is 2.95. The number of nitrogens with zero attached hydrogens (tertiary/aromatic N) is 1. The molecule has 26 heavy (non-hydrogen) atoms. The van der Waals surface area contributed by atoms with Crippen LogP contribution in [0.3, 0.4) is 0 Å². The fourth-order valence-corrected chi connectivity index (χ4v) is 2.95. The minimum absolute atomic E-state index is 0.0453. The van der Waals surface area contributed by atoms with Crippen LogP contribution in [-0.2, 0) is 10.2 Å². The maximum atomic E-state index is 12.5. The number of rotatable bonds is 2. The molecule has 1 aliphatic rings. The third kappa shape index (κ3) is 3.72. The zero-order chi connectivity index (χ0) is 18.9. The molecular formula is C21H24N2O3. The van der Waals surface area contributed by atoms with E-state index >= 15 is 0 Å². The molecule has 5 heteroatoms. The Balaban J connectivity index is 1.80. The number of benzene rings is 2. The molecule has 1 N–H and O–H groups in total. The van der Waals surface area contributed by atoms with Crippen molar-refractivity contribution >= 4 is 23.2 Å². The highest BCUT2D eigenvalue weighted by Gasteiger charge is 2.22. The first-order chi connectivity index (χ1) is 12.3. The van der Waals surface area contributed by atoms with E-state index in [0.29, 0.717) is 35.8 Å². The summed E-state index contributed by atoms with van der Waals surface area (Å²) in [5.41, 5.74) is 3.13. The van der Waals surface area contributed by atoms with Gasteiger partial charge in [-0.15, -0.1) is 0 Å². The predicted octanol–water partition coefficient (Wildman–Crippen LogP) is 3.98. The lowest BCUT2D eigenvalue weighted by molar-refractivity contribution is -0.116. The van der Waals surface area contributed by atoms with E-state index in [2.05, 4.69) is 26.1 Å². The molecule has 0 fully saturated rings. The molecule has 0 unspecified atom stereocenters. The van der Waals surface area contributed by atoms with Crippen LogP contribution in [0.1, 0.15) is 43.6 Å². The number of ether oxygens (including phenoxy) is 1. The highest BCUT2D eigenvalue weighted by atomic mass is 16.5. The van der Waals surface area contributed by atoms with Gasteiger partial charge in [-0.1, -0.05) is 32.9 Å². The summed E-state index contributed by atoms with van der Waals surface area (Å²) in [5, 5.41) is 2.89. The van der Waals surface area contributed by atoms with Crippen molar-refractivity contribution in [2.75, 3.05) is 23.4 Å². The summed E-state index contributed by atoms with van der Waals surface area (Å²) in [6.45, 7) is 8.91. The van der Waals surface area contributed by atoms with Crippen LogP contribution in [0.4, 0.5) is 11.4 Å². The molecule has 0 radical (unpaired) electrons. The van der Waals surface area contributed by atoms with Gasteiger partial charge in [-0.3, -0.25) is 9.59 Å². The van der Waals surface area contributed by atoms with Crippen molar-refractivity contribution in [1.29, 1.82) is 0 Å². The Labute approximate surface area is 154 Å². The minimum atomic E-state index is -0.184. The van der Waals surface area contributed by atoms with Crippen molar-refractivity contribution in [1.82, 2.24) is 0 Å². The number of carbonyl (C=O) groups is 2. The van der Waals surface area contributed by atoms with Gasteiger partial charge >= 0.3 is 0 Å². The third-order valence-electron chi connectivity index (χ3n) is 4.47. The van der Waals surface area contributed by atoms with E-state index in [1.54, 1.807) is 23.1 Å². The third-order valence-corrected chi connectivity index (χ3v) is 4.47. The molecule has 0 aromatic heterocycles. The molecule has 0 aliphatic carbocycles. The lowest BCUT2D eigenvalue weighted by atomic mass is 9.87. The van der Waals surface area contributed by atoms with Crippen LogP contribution in [-0.4, -0.2) is 25.0 Å². The second-order valence-corrected chi connectivity index (χ2v) is 7.48. The van der Waals surface area contributed by atoms with Gasteiger partial charge in [-0.25, -0.2) is 0 Å². The van der Waals surface area contributed by atoms with Gasteiger partial charge in [0, 0.05) is 18.2 Å². The maximum absolute atomic E-state index is 12.5. The standard InChI is InChI=1S/C21H24N2O3/c1-14(24)23-11-12-26-19-10-9-17(13-18(19)23)22-20(25)15-5-7-16(8-6-15)21(2,3)4/h5-10,13H,11-12H2,1-4H3,(H,22,25). The Morgan fingerprint density at radius 3 is 2.38 bits per heavy atom. The molecule has 0 saturated heterocycles. The van der Waals surface area contributed by atoms with Gasteiger partial charge in [0.2, 0.25) is 5.91 Å². The van der Waals surface area contributed by atoms with E-state index in [-0.39, 0.29) is 17.2 Å². The zero-order valence-corrected chi connectivity index (χ0v) is 15.6. The van der Waals surface area contributed by atoms with Crippen LogP contribution >= 0.6 is 0 Å². The van der Waals surface area contributed by atoms with Crippen LogP contribution in [0.25, 0.3) is 0 Å². The van der Waals surface area contributed by atoms with Crippen molar-refractivity contribution in [2.45, 2.75) is 33.1 Å². The van der Waals surface area contributed by atoms with Gasteiger partial charge in [-0.2, -0.15) is 0 Å². The molecule has 1 heterocycles. The molecule has 1 aliphatic heterocycles. The van der Waals surface area contributed by atoms with Crippen molar-refractivity contribution in [3.8, 4) is 5.75 Å². The Bertz CT molecular complexity index is 835. The first kappa shape index (κ1) is 18.0. The molecule has 5 nitrogen and oxygen atoms in total. The van der Waals surface area contributed by atoms with Crippen molar-refractivity contribution in [2.24, 2.45) is 0 Å². The van der Waals surface area contributed by atoms with Crippen LogP contribution in [0.15, 0.2) is 42.5 Å². The molecule has 2 amide bonds. The highest BCUT2D eigenvalue weighted by Crippen LogP contribution is 2.34. The second-order valence-electron chi connectivity index (χ2n) is 7.48. The molecule has 0 saturated carbocycles. The molecule has 3 rings (SSSR count). The largest absolute Gasteiger partial charge is 0.490 e. The summed E-state index contributed by atoms with van der Waals surface area (Å²) >= 11 is 0. The van der Waals surface area contributed by atoms with Crippen LogP contribution in [0.5, 0.6) is 5.75 Å². The van der Waals surface area contributed by atoms with Gasteiger partial charge in [0.1, 0.15) is 12.4 Å². The smallest absolute Gasteiger partial charge is 0.255 e. The van der Waals surface area contributed by atoms with Gasteiger partial charge in [0.05, 0.1) is 12.2 Å². The summed E-state index contributed by atoms with van der Waals surface area (Å²) in [6, 6.07) is 13.0. The molecule has 2 aromatic rings. The lowest BCUT2D eigenvalue weighted by Crippen LogP contribution is -2.36. The Hall–Kier alpha value is -2.82. The Morgan fingerprint density at radius 1 is 1.08 bits per heavy atom. The molecule has 2 aromatic carbocycles. The van der Waals surface area contributed by atoms with E-state index < -0.39 is 0 Å². The Morgan fingerprint density at radius 2 is 1.77 bits per heavy atom. The average Bonchev–Trinajstić information content (AvgIpc) is 2.60. The number of hydrogen-bond acceptors (Lipinski definition) is 3. The minimum Gasteiger partial charge on any atom is -0.490 e. The van der Waals surface area contributed by atoms with E-state index in [0.717, 1.165) is 0 Å². The van der Waals surface area contributed by atoms with E-state index in [9.17, 15) is 9.59 Å². The van der Waals surface area contributed by atoms with Gasteiger partial charge in [0.15, 0.2) is 0 Å². The quantitative estimate of drug-likeness (QED) is 0.889. The topological polar surface area (TPSA) is 58.6 Å². The number of nitrogens with one attached hydrogen (secondary N) is 1. The molecular weight excluding hydrogens is 328 g/mol. The number of amides is 2. The fraction of sp³-hybridized carbons (Fsp3) is 0.333.